The van der Waals surface area contributed by atoms with Gasteiger partial charge in [0.05, 0.1) is 0 Å². The standard InChI is InChI=1S/C14H26N4/c1-4-14(5-2)12-17(8-7-16-14)10-11-18-9-6-15-13(18)3/h6,9,16H,4-5,7-8,10-12H2,1-3H3. The van der Waals surface area contributed by atoms with Crippen LogP contribution in [0.1, 0.15) is 32.5 Å². The Morgan fingerprint density at radius 2 is 2.11 bits per heavy atom. The molecule has 0 saturated carbocycles. The zero-order valence-electron chi connectivity index (χ0n) is 11.9. The minimum absolute atomic E-state index is 0.336. The summed E-state index contributed by atoms with van der Waals surface area (Å²) in [6.45, 7) is 12.3. The SMILES string of the molecule is CCC1(CC)CN(CCn2ccnc2C)CCN1. The first-order valence-electron chi connectivity index (χ1n) is 7.14. The molecule has 102 valence electrons. The molecule has 0 atom stereocenters. The molecule has 1 fully saturated rings. The highest BCUT2D eigenvalue weighted by molar-refractivity contribution is 4.93. The van der Waals surface area contributed by atoms with Crippen LogP contribution in [0, 0.1) is 6.92 Å². The van der Waals surface area contributed by atoms with Crippen LogP contribution in [0.25, 0.3) is 0 Å². The second-order valence-electron chi connectivity index (χ2n) is 5.36. The van der Waals surface area contributed by atoms with E-state index >= 15 is 0 Å². The lowest BCUT2D eigenvalue weighted by molar-refractivity contribution is 0.120. The molecule has 2 heterocycles. The summed E-state index contributed by atoms with van der Waals surface area (Å²) < 4.78 is 2.24. The zero-order valence-corrected chi connectivity index (χ0v) is 11.9. The van der Waals surface area contributed by atoms with Crippen molar-refractivity contribution >= 4 is 0 Å². The lowest BCUT2D eigenvalue weighted by Gasteiger charge is -2.43. The van der Waals surface area contributed by atoms with E-state index in [0.717, 1.165) is 32.0 Å². The summed E-state index contributed by atoms with van der Waals surface area (Å²) in [4.78, 5) is 6.86. The van der Waals surface area contributed by atoms with Crippen LogP contribution < -0.4 is 5.32 Å². The molecule has 1 aromatic rings. The van der Waals surface area contributed by atoms with Gasteiger partial charge in [0, 0.05) is 50.7 Å². The fourth-order valence-corrected chi connectivity index (χ4v) is 2.85. The van der Waals surface area contributed by atoms with E-state index in [2.05, 4.69) is 46.7 Å². The molecule has 1 saturated heterocycles. The van der Waals surface area contributed by atoms with Crippen molar-refractivity contribution in [3.8, 4) is 0 Å². The van der Waals surface area contributed by atoms with Gasteiger partial charge < -0.3 is 9.88 Å². The Morgan fingerprint density at radius 1 is 1.33 bits per heavy atom. The van der Waals surface area contributed by atoms with Crippen molar-refractivity contribution in [2.45, 2.75) is 45.7 Å². The molecule has 4 nitrogen and oxygen atoms in total. The third kappa shape index (κ3) is 2.93. The first-order chi connectivity index (χ1) is 8.69. The number of imidazole rings is 1. The number of hydrogen-bond acceptors (Lipinski definition) is 3. The molecule has 0 aliphatic carbocycles. The Hall–Kier alpha value is -0.870. The Balaban J connectivity index is 1.88. The third-order valence-corrected chi connectivity index (χ3v) is 4.39. The number of rotatable bonds is 5. The molecule has 0 radical (unpaired) electrons. The van der Waals surface area contributed by atoms with Gasteiger partial charge in [0.15, 0.2) is 0 Å². The molecule has 0 aromatic carbocycles. The maximum Gasteiger partial charge on any atom is 0.105 e. The fourth-order valence-electron chi connectivity index (χ4n) is 2.85. The van der Waals surface area contributed by atoms with Crippen LogP contribution in [0.5, 0.6) is 0 Å². The van der Waals surface area contributed by atoms with Crippen molar-refractivity contribution in [2.75, 3.05) is 26.2 Å². The molecule has 18 heavy (non-hydrogen) atoms. The molecule has 1 aromatic heterocycles. The van der Waals surface area contributed by atoms with Crippen LogP contribution in [0.4, 0.5) is 0 Å². The van der Waals surface area contributed by atoms with Gasteiger partial charge in [0.2, 0.25) is 0 Å². The lowest BCUT2D eigenvalue weighted by atomic mass is 9.90. The van der Waals surface area contributed by atoms with E-state index in [9.17, 15) is 0 Å². The van der Waals surface area contributed by atoms with E-state index in [-0.39, 0.29) is 0 Å². The Morgan fingerprint density at radius 3 is 2.72 bits per heavy atom. The average Bonchev–Trinajstić information content (AvgIpc) is 2.82. The van der Waals surface area contributed by atoms with Gasteiger partial charge in [0.1, 0.15) is 5.82 Å². The van der Waals surface area contributed by atoms with E-state index in [1.54, 1.807) is 0 Å². The van der Waals surface area contributed by atoms with Crippen LogP contribution >= 0.6 is 0 Å². The highest BCUT2D eigenvalue weighted by atomic mass is 15.2. The monoisotopic (exact) mass is 250 g/mol. The van der Waals surface area contributed by atoms with Crippen LogP contribution in [-0.4, -0.2) is 46.2 Å². The number of hydrogen-bond donors (Lipinski definition) is 1. The number of aromatic nitrogens is 2. The molecule has 0 unspecified atom stereocenters. The van der Waals surface area contributed by atoms with E-state index in [1.807, 2.05) is 6.20 Å². The summed E-state index contributed by atoms with van der Waals surface area (Å²) in [6, 6.07) is 0. The van der Waals surface area contributed by atoms with Crippen molar-refractivity contribution in [2.24, 2.45) is 0 Å². The number of aryl methyl sites for hydroxylation is 1. The third-order valence-electron chi connectivity index (χ3n) is 4.39. The van der Waals surface area contributed by atoms with E-state index in [1.165, 1.54) is 19.4 Å². The fraction of sp³-hybridized carbons (Fsp3) is 0.786. The molecule has 4 heteroatoms. The molecule has 2 rings (SSSR count). The average molecular weight is 250 g/mol. The highest BCUT2D eigenvalue weighted by Crippen LogP contribution is 2.19. The summed E-state index contributed by atoms with van der Waals surface area (Å²) in [5, 5.41) is 3.71. The second-order valence-corrected chi connectivity index (χ2v) is 5.36. The quantitative estimate of drug-likeness (QED) is 0.862. The summed E-state index contributed by atoms with van der Waals surface area (Å²) >= 11 is 0. The Bertz CT molecular complexity index is 368. The summed E-state index contributed by atoms with van der Waals surface area (Å²) in [7, 11) is 0. The van der Waals surface area contributed by atoms with Gasteiger partial charge >= 0.3 is 0 Å². The summed E-state index contributed by atoms with van der Waals surface area (Å²) in [5.74, 6) is 1.11. The van der Waals surface area contributed by atoms with Crippen LogP contribution in [0.2, 0.25) is 0 Å². The van der Waals surface area contributed by atoms with Crippen molar-refractivity contribution in [1.82, 2.24) is 19.8 Å². The van der Waals surface area contributed by atoms with Crippen molar-refractivity contribution in [3.63, 3.8) is 0 Å². The van der Waals surface area contributed by atoms with Gasteiger partial charge in [-0.1, -0.05) is 13.8 Å². The van der Waals surface area contributed by atoms with Crippen LogP contribution in [-0.2, 0) is 6.54 Å². The lowest BCUT2D eigenvalue weighted by Crippen LogP contribution is -2.60. The van der Waals surface area contributed by atoms with E-state index < -0.39 is 0 Å². The van der Waals surface area contributed by atoms with Gasteiger partial charge in [-0.25, -0.2) is 4.98 Å². The maximum atomic E-state index is 4.27. The van der Waals surface area contributed by atoms with E-state index in [4.69, 9.17) is 0 Å². The van der Waals surface area contributed by atoms with Crippen LogP contribution in [0.15, 0.2) is 12.4 Å². The number of nitrogens with one attached hydrogen (secondary N) is 1. The molecule has 0 bridgehead atoms. The predicted octanol–water partition coefficient (Wildman–Crippen LogP) is 1.66. The first-order valence-corrected chi connectivity index (χ1v) is 7.14. The topological polar surface area (TPSA) is 33.1 Å². The summed E-state index contributed by atoms with van der Waals surface area (Å²) in [6.07, 6.45) is 6.38. The smallest absolute Gasteiger partial charge is 0.105 e. The van der Waals surface area contributed by atoms with Crippen LogP contribution in [0.3, 0.4) is 0 Å². The molecule has 1 N–H and O–H groups in total. The number of nitrogens with zero attached hydrogens (tertiary/aromatic N) is 3. The molecule has 0 amide bonds. The normalized spacial score (nSPS) is 20.2. The van der Waals surface area contributed by atoms with Gasteiger partial charge in [-0.3, -0.25) is 4.90 Å². The van der Waals surface area contributed by atoms with Crippen molar-refractivity contribution in [3.05, 3.63) is 18.2 Å². The zero-order chi connectivity index (χ0) is 13.0. The highest BCUT2D eigenvalue weighted by Gasteiger charge is 2.31. The van der Waals surface area contributed by atoms with Crippen molar-refractivity contribution < 1.29 is 0 Å². The first kappa shape index (κ1) is 13.6. The minimum Gasteiger partial charge on any atom is -0.334 e. The molecular weight excluding hydrogens is 224 g/mol. The molecule has 1 aliphatic rings. The summed E-state index contributed by atoms with van der Waals surface area (Å²) in [5.41, 5.74) is 0.336. The van der Waals surface area contributed by atoms with E-state index in [0.29, 0.717) is 5.54 Å². The van der Waals surface area contributed by atoms with Gasteiger partial charge in [-0.05, 0) is 19.8 Å². The molecule has 0 spiro atoms. The van der Waals surface area contributed by atoms with Crippen molar-refractivity contribution in [1.29, 1.82) is 0 Å². The second kappa shape index (κ2) is 5.85. The van der Waals surface area contributed by atoms with Gasteiger partial charge in [-0.2, -0.15) is 0 Å². The Labute approximate surface area is 110 Å². The minimum atomic E-state index is 0.336. The Kier molecular flexibility index (Phi) is 4.40. The number of piperazine rings is 1. The van der Waals surface area contributed by atoms with Gasteiger partial charge in [0.25, 0.3) is 0 Å². The molecular formula is C14H26N4. The molecule has 1 aliphatic heterocycles. The van der Waals surface area contributed by atoms with Gasteiger partial charge in [-0.15, -0.1) is 0 Å². The predicted molar refractivity (Wildman–Crippen MR) is 74.7 cm³/mol. The maximum absolute atomic E-state index is 4.27. The largest absolute Gasteiger partial charge is 0.334 e.